The summed E-state index contributed by atoms with van der Waals surface area (Å²) in [6.07, 6.45) is -1.57. The van der Waals surface area contributed by atoms with E-state index in [1.165, 1.54) is 23.2 Å². The first-order chi connectivity index (χ1) is 13.3. The number of alkyl halides is 3. The molecule has 0 saturated carbocycles. The highest BCUT2D eigenvalue weighted by molar-refractivity contribution is 6.05. The zero-order valence-electron chi connectivity index (χ0n) is 15.0. The first kappa shape index (κ1) is 19.7. The highest BCUT2D eigenvalue weighted by atomic mass is 19.4. The van der Waals surface area contributed by atoms with Crippen LogP contribution in [0.4, 0.5) is 23.7 Å². The Balaban J connectivity index is 1.80. The number of halogens is 3. The van der Waals surface area contributed by atoms with Crippen molar-refractivity contribution in [1.29, 1.82) is 0 Å². The van der Waals surface area contributed by atoms with E-state index in [0.717, 1.165) is 17.7 Å². The van der Waals surface area contributed by atoms with Crippen LogP contribution in [-0.2, 0) is 23.9 Å². The van der Waals surface area contributed by atoms with Crippen LogP contribution in [0.25, 0.3) is 0 Å². The average molecular weight is 393 g/mol. The van der Waals surface area contributed by atoms with Gasteiger partial charge < -0.3 is 15.0 Å². The predicted octanol–water partition coefficient (Wildman–Crippen LogP) is 3.87. The van der Waals surface area contributed by atoms with E-state index in [-0.39, 0.29) is 24.4 Å². The van der Waals surface area contributed by atoms with Crippen molar-refractivity contribution < 1.29 is 27.5 Å². The lowest BCUT2D eigenvalue weighted by molar-refractivity contribution is -0.137. The van der Waals surface area contributed by atoms with E-state index in [9.17, 15) is 22.8 Å². The van der Waals surface area contributed by atoms with Crippen LogP contribution in [0, 0.1) is 0 Å². The summed E-state index contributed by atoms with van der Waals surface area (Å²) >= 11 is 0. The summed E-state index contributed by atoms with van der Waals surface area (Å²) in [6, 6.07) is 4.43. The maximum atomic E-state index is 12.8. The van der Waals surface area contributed by atoms with Gasteiger partial charge in [0.05, 0.1) is 24.3 Å². The number of amides is 2. The second kappa shape index (κ2) is 7.87. The number of hydrogen-bond acceptors (Lipinski definition) is 4. The Labute approximate surface area is 159 Å². The minimum absolute atomic E-state index is 0.0430. The van der Waals surface area contributed by atoms with Gasteiger partial charge in [0.1, 0.15) is 0 Å². The van der Waals surface area contributed by atoms with Gasteiger partial charge in [-0.1, -0.05) is 6.07 Å². The summed E-state index contributed by atoms with van der Waals surface area (Å²) in [5, 5.41) is 2.49. The zero-order chi connectivity index (χ0) is 20.3. The Morgan fingerprint density at radius 2 is 2.07 bits per heavy atom. The summed E-state index contributed by atoms with van der Waals surface area (Å²) in [5.74, 6) is -0.548. The van der Waals surface area contributed by atoms with Crippen molar-refractivity contribution in [3.05, 3.63) is 58.9 Å². The molecule has 0 aliphatic carbocycles. The molecule has 0 spiro atoms. The van der Waals surface area contributed by atoms with Gasteiger partial charge in [-0.2, -0.15) is 13.2 Å². The Hall–Kier alpha value is -3.10. The van der Waals surface area contributed by atoms with Crippen LogP contribution in [0.2, 0.25) is 0 Å². The van der Waals surface area contributed by atoms with Gasteiger partial charge in [0, 0.05) is 24.6 Å². The van der Waals surface area contributed by atoms with Gasteiger partial charge in [-0.05, 0) is 42.7 Å². The molecule has 0 radical (unpaired) electrons. The number of nitrogens with one attached hydrogen (secondary N) is 1. The standard InChI is InChI=1S/C19H18F3N3O3/c1-2-28-18(27)25-7-6-15-12(11-25)9-23-10-16(15)17(26)24-14-5-3-4-13(8-14)19(20,21)22/h3-5,8-10H,2,6-7,11H2,1H3,(H,24,26). The maximum Gasteiger partial charge on any atom is 0.416 e. The molecule has 0 atom stereocenters. The van der Waals surface area contributed by atoms with E-state index in [2.05, 4.69) is 10.3 Å². The highest BCUT2D eigenvalue weighted by Crippen LogP contribution is 2.31. The van der Waals surface area contributed by atoms with Crippen LogP contribution in [0.15, 0.2) is 36.7 Å². The minimum Gasteiger partial charge on any atom is -0.450 e. The molecule has 6 nitrogen and oxygen atoms in total. The van der Waals surface area contributed by atoms with Gasteiger partial charge in [-0.15, -0.1) is 0 Å². The lowest BCUT2D eigenvalue weighted by atomic mass is 9.97. The molecule has 1 aromatic carbocycles. The van der Waals surface area contributed by atoms with Crippen molar-refractivity contribution in [1.82, 2.24) is 9.88 Å². The van der Waals surface area contributed by atoms with Gasteiger partial charge in [-0.3, -0.25) is 9.78 Å². The highest BCUT2D eigenvalue weighted by Gasteiger charge is 2.31. The lowest BCUT2D eigenvalue weighted by Crippen LogP contribution is -2.37. The van der Waals surface area contributed by atoms with Crippen LogP contribution in [0.1, 0.15) is 34.0 Å². The molecule has 1 aliphatic rings. The van der Waals surface area contributed by atoms with Gasteiger partial charge in [0.15, 0.2) is 0 Å². The van der Waals surface area contributed by atoms with E-state index in [1.807, 2.05) is 0 Å². The smallest absolute Gasteiger partial charge is 0.416 e. The van der Waals surface area contributed by atoms with Crippen molar-refractivity contribution >= 4 is 17.7 Å². The number of fused-ring (bicyclic) bond motifs is 1. The number of carbonyl (C=O) groups is 2. The van der Waals surface area contributed by atoms with Crippen molar-refractivity contribution in [2.24, 2.45) is 0 Å². The first-order valence-electron chi connectivity index (χ1n) is 8.65. The average Bonchev–Trinajstić information content (AvgIpc) is 2.66. The molecular weight excluding hydrogens is 375 g/mol. The van der Waals surface area contributed by atoms with E-state index in [1.54, 1.807) is 13.1 Å². The normalized spacial score (nSPS) is 13.6. The van der Waals surface area contributed by atoms with Crippen LogP contribution >= 0.6 is 0 Å². The maximum absolute atomic E-state index is 12.8. The monoisotopic (exact) mass is 393 g/mol. The fourth-order valence-corrected chi connectivity index (χ4v) is 3.03. The van der Waals surface area contributed by atoms with Gasteiger partial charge in [-0.25, -0.2) is 4.79 Å². The fourth-order valence-electron chi connectivity index (χ4n) is 3.03. The Morgan fingerprint density at radius 3 is 2.79 bits per heavy atom. The Bertz CT molecular complexity index is 899. The first-order valence-corrected chi connectivity index (χ1v) is 8.65. The number of pyridine rings is 1. The van der Waals surface area contributed by atoms with Crippen molar-refractivity contribution in [2.45, 2.75) is 26.1 Å². The predicted molar refractivity (Wildman–Crippen MR) is 94.8 cm³/mol. The molecule has 0 fully saturated rings. The second-order valence-electron chi connectivity index (χ2n) is 6.23. The van der Waals surface area contributed by atoms with Crippen LogP contribution in [0.3, 0.4) is 0 Å². The van der Waals surface area contributed by atoms with Crippen molar-refractivity contribution in [2.75, 3.05) is 18.5 Å². The number of aromatic nitrogens is 1. The third-order valence-corrected chi connectivity index (χ3v) is 4.36. The van der Waals surface area contributed by atoms with Crippen molar-refractivity contribution in [3.8, 4) is 0 Å². The molecule has 1 aliphatic heterocycles. The van der Waals surface area contributed by atoms with Crippen LogP contribution in [-0.4, -0.2) is 35.0 Å². The quantitative estimate of drug-likeness (QED) is 0.860. The molecule has 28 heavy (non-hydrogen) atoms. The Kier molecular flexibility index (Phi) is 5.53. The number of nitrogens with zero attached hydrogens (tertiary/aromatic N) is 2. The molecule has 3 rings (SSSR count). The van der Waals surface area contributed by atoms with Gasteiger partial charge in [0.2, 0.25) is 0 Å². The lowest BCUT2D eigenvalue weighted by Gasteiger charge is -2.28. The third-order valence-electron chi connectivity index (χ3n) is 4.36. The summed E-state index contributed by atoms with van der Waals surface area (Å²) in [6.45, 7) is 2.61. The fraction of sp³-hybridized carbons (Fsp3) is 0.316. The van der Waals surface area contributed by atoms with Crippen LogP contribution < -0.4 is 5.32 Å². The van der Waals surface area contributed by atoms with E-state index < -0.39 is 23.7 Å². The zero-order valence-corrected chi connectivity index (χ0v) is 15.0. The van der Waals surface area contributed by atoms with Gasteiger partial charge in [0.25, 0.3) is 5.91 Å². The topological polar surface area (TPSA) is 71.5 Å². The molecule has 0 unspecified atom stereocenters. The molecule has 0 saturated heterocycles. The summed E-state index contributed by atoms with van der Waals surface area (Å²) in [5.41, 5.74) is 0.902. The van der Waals surface area contributed by atoms with E-state index in [0.29, 0.717) is 18.5 Å². The molecule has 2 aromatic rings. The molecule has 9 heteroatoms. The molecule has 1 N–H and O–H groups in total. The van der Waals surface area contributed by atoms with Crippen LogP contribution in [0.5, 0.6) is 0 Å². The Morgan fingerprint density at radius 1 is 1.29 bits per heavy atom. The second-order valence-corrected chi connectivity index (χ2v) is 6.23. The number of benzene rings is 1. The number of anilines is 1. The third kappa shape index (κ3) is 4.24. The number of carbonyl (C=O) groups excluding carboxylic acids is 2. The van der Waals surface area contributed by atoms with E-state index >= 15 is 0 Å². The molecular formula is C19H18F3N3O3. The summed E-state index contributed by atoms with van der Waals surface area (Å²) in [7, 11) is 0. The SMILES string of the molecule is CCOC(=O)N1CCc2c(cncc2C(=O)Nc2cccc(C(F)(F)F)c2)C1. The van der Waals surface area contributed by atoms with E-state index in [4.69, 9.17) is 4.74 Å². The number of hydrogen-bond donors (Lipinski definition) is 1. The molecule has 148 valence electrons. The molecule has 0 bridgehead atoms. The minimum atomic E-state index is -4.50. The number of rotatable bonds is 3. The summed E-state index contributed by atoms with van der Waals surface area (Å²) in [4.78, 5) is 30.1. The number of ether oxygens (including phenoxy) is 1. The summed E-state index contributed by atoms with van der Waals surface area (Å²) < 4.78 is 43.5. The molecule has 2 heterocycles. The molecule has 1 aromatic heterocycles. The molecule has 2 amide bonds. The van der Waals surface area contributed by atoms with Crippen molar-refractivity contribution in [3.63, 3.8) is 0 Å². The van der Waals surface area contributed by atoms with Gasteiger partial charge >= 0.3 is 12.3 Å². The largest absolute Gasteiger partial charge is 0.450 e.